The smallest absolute Gasteiger partial charge is 0.307 e. The van der Waals surface area contributed by atoms with Gasteiger partial charge in [0, 0.05) is 23.0 Å². The van der Waals surface area contributed by atoms with Gasteiger partial charge in [0.2, 0.25) is 0 Å². The van der Waals surface area contributed by atoms with Gasteiger partial charge in [0.25, 0.3) is 5.24 Å². The molecular formula is C20H28ClNO4S. The number of alkyl halides is 1. The van der Waals surface area contributed by atoms with Gasteiger partial charge in [0.1, 0.15) is 12.8 Å². The van der Waals surface area contributed by atoms with Crippen LogP contribution in [0.3, 0.4) is 0 Å². The third kappa shape index (κ3) is 5.91. The first kappa shape index (κ1) is 22.1. The zero-order valence-corrected chi connectivity index (χ0v) is 17.7. The highest BCUT2D eigenvalue weighted by atomic mass is 35.5. The Hall–Kier alpha value is -1.16. The summed E-state index contributed by atoms with van der Waals surface area (Å²) in [5, 5.41) is 10.7. The number of esters is 1. The minimum absolute atomic E-state index is 0.135. The topological polar surface area (TPSA) is 75.6 Å². The third-order valence-corrected chi connectivity index (χ3v) is 7.46. The van der Waals surface area contributed by atoms with Gasteiger partial charge < -0.3 is 15.2 Å². The van der Waals surface area contributed by atoms with Crippen LogP contribution in [0.2, 0.25) is 0 Å². The highest BCUT2D eigenvalue weighted by Crippen LogP contribution is 2.47. The fourth-order valence-electron chi connectivity index (χ4n) is 3.51. The molecule has 4 atom stereocenters. The van der Waals surface area contributed by atoms with Crippen molar-refractivity contribution in [2.24, 2.45) is 16.7 Å². The van der Waals surface area contributed by atoms with E-state index in [-0.39, 0.29) is 52.6 Å². The summed E-state index contributed by atoms with van der Waals surface area (Å²) in [7, 11) is 0. The molecule has 1 saturated carbocycles. The van der Waals surface area contributed by atoms with Crippen molar-refractivity contribution in [1.82, 2.24) is 5.32 Å². The van der Waals surface area contributed by atoms with Crippen LogP contribution >= 0.6 is 23.4 Å². The fraction of sp³-hybridized carbons (Fsp3) is 0.700. The number of rotatable bonds is 7. The summed E-state index contributed by atoms with van der Waals surface area (Å²) in [6.07, 6.45) is 6.00. The highest BCUT2D eigenvalue weighted by molar-refractivity contribution is 8.13. The minimum Gasteiger partial charge on any atom is -0.462 e. The third-order valence-electron chi connectivity index (χ3n) is 5.71. The van der Waals surface area contributed by atoms with E-state index >= 15 is 0 Å². The first-order valence-corrected chi connectivity index (χ1v) is 10.7. The van der Waals surface area contributed by atoms with E-state index in [2.05, 4.69) is 30.6 Å². The van der Waals surface area contributed by atoms with Crippen molar-refractivity contribution in [3.8, 4) is 0 Å². The molecule has 0 saturated heterocycles. The van der Waals surface area contributed by atoms with Crippen LogP contribution in [0.1, 0.15) is 46.5 Å². The number of amides is 1. The molecule has 5 nitrogen and oxygen atoms in total. The van der Waals surface area contributed by atoms with E-state index in [1.807, 2.05) is 19.1 Å². The van der Waals surface area contributed by atoms with E-state index in [4.69, 9.17) is 21.4 Å². The first-order valence-electron chi connectivity index (χ1n) is 9.23. The Balaban J connectivity index is 1.83. The Labute approximate surface area is 170 Å². The van der Waals surface area contributed by atoms with E-state index in [0.29, 0.717) is 12.2 Å². The van der Waals surface area contributed by atoms with Gasteiger partial charge in [-0.2, -0.15) is 0 Å². The van der Waals surface area contributed by atoms with Crippen molar-refractivity contribution in [1.29, 1.82) is 0 Å². The molecule has 2 unspecified atom stereocenters. The van der Waals surface area contributed by atoms with Crippen molar-refractivity contribution in [2.75, 3.05) is 12.5 Å². The molecule has 0 radical (unpaired) electrons. The summed E-state index contributed by atoms with van der Waals surface area (Å²) >= 11 is 7.86. The molecule has 2 aliphatic carbocycles. The summed E-state index contributed by atoms with van der Waals surface area (Å²) < 4.78 is 5.68. The molecule has 0 aromatic heterocycles. The average molecular weight is 414 g/mol. The maximum absolute atomic E-state index is 12.3. The van der Waals surface area contributed by atoms with Crippen LogP contribution in [0.4, 0.5) is 4.79 Å². The second kappa shape index (κ2) is 9.36. The number of hydrogen-bond donors (Lipinski definition) is 2. The van der Waals surface area contributed by atoms with Crippen molar-refractivity contribution in [2.45, 2.75) is 57.9 Å². The summed E-state index contributed by atoms with van der Waals surface area (Å²) in [4.78, 5) is 23.8. The number of thioether (sulfide) groups is 1. The lowest BCUT2D eigenvalue weighted by Crippen LogP contribution is -2.44. The van der Waals surface area contributed by atoms with Crippen LogP contribution in [-0.2, 0) is 9.53 Å². The molecule has 0 aromatic rings. The lowest BCUT2D eigenvalue weighted by molar-refractivity contribution is -0.153. The molecule has 0 bridgehead atoms. The van der Waals surface area contributed by atoms with Gasteiger partial charge in [0.05, 0.1) is 6.42 Å². The van der Waals surface area contributed by atoms with Gasteiger partial charge in [-0.25, -0.2) is 0 Å². The summed E-state index contributed by atoms with van der Waals surface area (Å²) in [6, 6.07) is 0. The predicted octanol–water partition coefficient (Wildman–Crippen LogP) is 4.00. The average Bonchev–Trinajstić information content (AvgIpc) is 3.02. The van der Waals surface area contributed by atoms with Gasteiger partial charge in [0.15, 0.2) is 0 Å². The van der Waals surface area contributed by atoms with Crippen LogP contribution in [0.5, 0.6) is 0 Å². The Morgan fingerprint density at radius 1 is 1.41 bits per heavy atom. The van der Waals surface area contributed by atoms with Crippen LogP contribution in [0, 0.1) is 16.7 Å². The Bertz CT molecular complexity index is 653. The predicted molar refractivity (Wildman–Crippen MR) is 108 cm³/mol. The van der Waals surface area contributed by atoms with Gasteiger partial charge in [-0.05, 0) is 36.3 Å². The highest BCUT2D eigenvalue weighted by Gasteiger charge is 2.44. The SMILES string of the molecule is CC(CSC(=O)NCO)[C@]1(C)CCC(OC(=O)CC2(C)C=C=C=C2)C[C@H]1Cl. The Kier molecular flexibility index (Phi) is 7.67. The number of nitrogens with one attached hydrogen (secondary N) is 1. The molecule has 1 fully saturated rings. The zero-order chi connectivity index (χ0) is 20.1. The lowest BCUT2D eigenvalue weighted by atomic mass is 9.67. The summed E-state index contributed by atoms with van der Waals surface area (Å²) in [5.41, 5.74) is 5.26. The molecule has 0 aromatic carbocycles. The van der Waals surface area contributed by atoms with Crippen molar-refractivity contribution < 1.29 is 19.4 Å². The molecule has 2 aliphatic rings. The number of aliphatic hydroxyl groups is 1. The molecule has 0 aliphatic heterocycles. The first-order chi connectivity index (χ1) is 12.7. The molecule has 150 valence electrons. The quantitative estimate of drug-likeness (QED) is 0.285. The van der Waals surface area contributed by atoms with Crippen LogP contribution in [0.25, 0.3) is 0 Å². The molecule has 0 heterocycles. The molecule has 2 rings (SSSR count). The fourth-order valence-corrected chi connectivity index (χ4v) is 4.98. The van der Waals surface area contributed by atoms with E-state index in [1.165, 1.54) is 0 Å². The Morgan fingerprint density at radius 3 is 2.67 bits per heavy atom. The normalized spacial score (nSPS) is 29.5. The van der Waals surface area contributed by atoms with Gasteiger partial charge in [-0.1, -0.05) is 44.0 Å². The molecule has 0 spiro atoms. The maximum Gasteiger partial charge on any atom is 0.307 e. The molecule has 2 N–H and O–H groups in total. The maximum atomic E-state index is 12.3. The summed E-state index contributed by atoms with van der Waals surface area (Å²) in [5.74, 6) is 0.613. The molecule has 7 heteroatoms. The number of allylic oxidation sites excluding steroid dienone is 2. The zero-order valence-electron chi connectivity index (χ0n) is 16.1. The van der Waals surface area contributed by atoms with E-state index in [1.54, 1.807) is 0 Å². The lowest BCUT2D eigenvalue weighted by Gasteiger charge is -2.45. The number of aliphatic hydroxyl groups excluding tert-OH is 1. The van der Waals surface area contributed by atoms with Crippen LogP contribution < -0.4 is 5.32 Å². The van der Waals surface area contributed by atoms with E-state index < -0.39 is 0 Å². The second-order valence-corrected chi connectivity index (χ2v) is 9.47. The minimum atomic E-state index is -0.360. The van der Waals surface area contributed by atoms with Crippen molar-refractivity contribution in [3.05, 3.63) is 23.6 Å². The molecule has 27 heavy (non-hydrogen) atoms. The van der Waals surface area contributed by atoms with Gasteiger partial charge in [-0.15, -0.1) is 11.6 Å². The number of carbonyl (C=O) groups is 2. The summed E-state index contributed by atoms with van der Waals surface area (Å²) in [6.45, 7) is 5.82. The van der Waals surface area contributed by atoms with Crippen LogP contribution in [-0.4, -0.2) is 40.3 Å². The number of carbonyl (C=O) groups excluding carboxylic acids is 2. The molecule has 1 amide bonds. The van der Waals surface area contributed by atoms with Crippen LogP contribution in [0.15, 0.2) is 23.6 Å². The number of ether oxygens (including phenoxy) is 1. The van der Waals surface area contributed by atoms with Crippen molar-refractivity contribution >= 4 is 34.6 Å². The standard InChI is InChI=1S/C20H28ClNO4S/c1-14(12-27-18(25)22-13-23)20(3)9-6-15(10-16(20)21)26-17(24)11-19(2)7-4-5-8-19/h7-8,14-16,23H,6,9-13H2,1-3H3,(H,22,25)/t14?,15?,16-,20+/m1/s1. The molecular weight excluding hydrogens is 386 g/mol. The largest absolute Gasteiger partial charge is 0.462 e. The van der Waals surface area contributed by atoms with Gasteiger partial charge >= 0.3 is 5.97 Å². The van der Waals surface area contributed by atoms with E-state index in [9.17, 15) is 9.59 Å². The Morgan fingerprint density at radius 2 is 2.07 bits per heavy atom. The number of halogens is 1. The van der Waals surface area contributed by atoms with Gasteiger partial charge in [-0.3, -0.25) is 9.59 Å². The van der Waals surface area contributed by atoms with Crippen molar-refractivity contribution in [3.63, 3.8) is 0 Å². The monoisotopic (exact) mass is 413 g/mol. The van der Waals surface area contributed by atoms with E-state index in [0.717, 1.165) is 24.6 Å². The second-order valence-electron chi connectivity index (χ2n) is 7.95. The number of hydrogen-bond acceptors (Lipinski definition) is 5.